The fourth-order valence-electron chi connectivity index (χ4n) is 3.54. The van der Waals surface area contributed by atoms with Gasteiger partial charge in [0.25, 0.3) is 0 Å². The Bertz CT molecular complexity index is 355. The second kappa shape index (κ2) is 5.90. The van der Waals surface area contributed by atoms with Crippen LogP contribution < -0.4 is 16.4 Å². The molecular weight excluding hydrogens is 242 g/mol. The van der Waals surface area contributed by atoms with Crippen molar-refractivity contribution in [3.8, 4) is 0 Å². The smallest absolute Gasteiger partial charge is 0.224 e. The van der Waals surface area contributed by atoms with E-state index in [1.54, 1.807) is 0 Å². The molecule has 2 aliphatic carbocycles. The average molecular weight is 267 g/mol. The van der Waals surface area contributed by atoms with E-state index in [0.717, 1.165) is 12.8 Å². The minimum Gasteiger partial charge on any atom is -0.355 e. The van der Waals surface area contributed by atoms with E-state index in [9.17, 15) is 9.59 Å². The molecule has 19 heavy (non-hydrogen) atoms. The topological polar surface area (TPSA) is 84.2 Å². The Kier molecular flexibility index (Phi) is 4.45. The van der Waals surface area contributed by atoms with Crippen molar-refractivity contribution in [1.82, 2.24) is 10.6 Å². The zero-order valence-electron chi connectivity index (χ0n) is 11.8. The van der Waals surface area contributed by atoms with Crippen LogP contribution in [0, 0.1) is 17.8 Å². The van der Waals surface area contributed by atoms with Gasteiger partial charge >= 0.3 is 0 Å². The van der Waals surface area contributed by atoms with E-state index in [4.69, 9.17) is 5.73 Å². The van der Waals surface area contributed by atoms with Crippen molar-refractivity contribution in [2.24, 2.45) is 23.5 Å². The highest BCUT2D eigenvalue weighted by atomic mass is 16.2. The van der Waals surface area contributed by atoms with Gasteiger partial charge < -0.3 is 16.4 Å². The molecule has 4 atom stereocenters. The van der Waals surface area contributed by atoms with Crippen LogP contribution in [0.2, 0.25) is 0 Å². The van der Waals surface area contributed by atoms with Crippen molar-refractivity contribution in [3.05, 3.63) is 0 Å². The summed E-state index contributed by atoms with van der Waals surface area (Å²) in [4.78, 5) is 23.6. The maximum Gasteiger partial charge on any atom is 0.224 e. The fourth-order valence-corrected chi connectivity index (χ4v) is 3.54. The lowest BCUT2D eigenvalue weighted by Crippen LogP contribution is -2.46. The minimum atomic E-state index is -0.0353. The van der Waals surface area contributed by atoms with Crippen molar-refractivity contribution in [2.75, 3.05) is 6.54 Å². The summed E-state index contributed by atoms with van der Waals surface area (Å²) in [5.74, 6) is 0.978. The second-order valence-corrected chi connectivity index (χ2v) is 6.20. The average Bonchev–Trinajstić information content (AvgIpc) is 2.87. The maximum absolute atomic E-state index is 12.1. The summed E-state index contributed by atoms with van der Waals surface area (Å²) in [6, 6.07) is 0.158. The molecule has 2 bridgehead atoms. The van der Waals surface area contributed by atoms with Gasteiger partial charge in [-0.15, -0.1) is 0 Å². The number of hydrogen-bond donors (Lipinski definition) is 3. The Morgan fingerprint density at radius 2 is 1.95 bits per heavy atom. The third-order valence-electron chi connectivity index (χ3n) is 4.38. The normalized spacial score (nSPS) is 32.6. The van der Waals surface area contributed by atoms with Gasteiger partial charge in [0.15, 0.2) is 0 Å². The molecule has 2 fully saturated rings. The highest BCUT2D eigenvalue weighted by Gasteiger charge is 2.48. The molecule has 5 nitrogen and oxygen atoms in total. The van der Waals surface area contributed by atoms with Crippen LogP contribution in [0.1, 0.15) is 39.5 Å². The van der Waals surface area contributed by atoms with E-state index >= 15 is 0 Å². The van der Waals surface area contributed by atoms with Crippen LogP contribution in [0.15, 0.2) is 0 Å². The van der Waals surface area contributed by atoms with Crippen LogP contribution in [-0.4, -0.2) is 30.4 Å². The monoisotopic (exact) mass is 267 g/mol. The third-order valence-corrected chi connectivity index (χ3v) is 4.38. The van der Waals surface area contributed by atoms with Crippen molar-refractivity contribution in [2.45, 2.75) is 51.6 Å². The molecule has 0 aromatic carbocycles. The summed E-state index contributed by atoms with van der Waals surface area (Å²) in [5.41, 5.74) is 6.12. The number of fused-ring (bicyclic) bond motifs is 2. The van der Waals surface area contributed by atoms with Gasteiger partial charge in [-0.2, -0.15) is 0 Å². The molecule has 0 saturated heterocycles. The molecule has 4 unspecified atom stereocenters. The number of nitrogens with two attached hydrogens (primary N) is 1. The molecule has 2 aliphatic rings. The molecule has 0 aromatic heterocycles. The SMILES string of the molecule is CC(C)NC(=O)CCNC(=O)C1C2CCC(C2)C1N. The number of amides is 2. The fraction of sp³-hybridized carbons (Fsp3) is 0.857. The highest BCUT2D eigenvalue weighted by Crippen LogP contribution is 2.47. The molecular formula is C14H25N3O2. The molecule has 2 saturated carbocycles. The predicted molar refractivity (Wildman–Crippen MR) is 73.2 cm³/mol. The van der Waals surface area contributed by atoms with E-state index in [-0.39, 0.29) is 29.8 Å². The van der Waals surface area contributed by atoms with Crippen LogP contribution in [-0.2, 0) is 9.59 Å². The Hall–Kier alpha value is -1.10. The van der Waals surface area contributed by atoms with Crippen LogP contribution in [0.3, 0.4) is 0 Å². The van der Waals surface area contributed by atoms with E-state index in [1.165, 1.54) is 6.42 Å². The van der Waals surface area contributed by atoms with Crippen LogP contribution >= 0.6 is 0 Å². The lowest BCUT2D eigenvalue weighted by atomic mass is 9.84. The second-order valence-electron chi connectivity index (χ2n) is 6.20. The van der Waals surface area contributed by atoms with Crippen molar-refractivity contribution in [3.63, 3.8) is 0 Å². The zero-order chi connectivity index (χ0) is 14.0. The molecule has 2 rings (SSSR count). The molecule has 4 N–H and O–H groups in total. The standard InChI is InChI=1S/C14H25N3O2/c1-8(2)17-11(18)5-6-16-14(19)12-9-3-4-10(7-9)13(12)15/h8-10,12-13H,3-7,15H2,1-2H3,(H,16,19)(H,17,18). The first kappa shape index (κ1) is 14.3. The number of carbonyl (C=O) groups is 2. The number of nitrogens with one attached hydrogen (secondary N) is 2. The number of carbonyl (C=O) groups excluding carboxylic acids is 2. The molecule has 0 aromatic rings. The van der Waals surface area contributed by atoms with Crippen LogP contribution in [0.25, 0.3) is 0 Å². The highest BCUT2D eigenvalue weighted by molar-refractivity contribution is 5.81. The van der Waals surface area contributed by atoms with Crippen LogP contribution in [0.5, 0.6) is 0 Å². The molecule has 0 heterocycles. The molecule has 5 heteroatoms. The van der Waals surface area contributed by atoms with Gasteiger partial charge in [0.05, 0.1) is 5.92 Å². The van der Waals surface area contributed by atoms with Crippen molar-refractivity contribution in [1.29, 1.82) is 0 Å². The lowest BCUT2D eigenvalue weighted by Gasteiger charge is -2.26. The lowest BCUT2D eigenvalue weighted by molar-refractivity contribution is -0.127. The van der Waals surface area contributed by atoms with Gasteiger partial charge in [0.1, 0.15) is 0 Å². The van der Waals surface area contributed by atoms with Crippen molar-refractivity contribution >= 4 is 11.8 Å². The van der Waals surface area contributed by atoms with Gasteiger partial charge in [-0.1, -0.05) is 0 Å². The molecule has 0 radical (unpaired) electrons. The van der Waals surface area contributed by atoms with Crippen LogP contribution in [0.4, 0.5) is 0 Å². The molecule has 2 amide bonds. The summed E-state index contributed by atoms with van der Waals surface area (Å²) >= 11 is 0. The summed E-state index contributed by atoms with van der Waals surface area (Å²) in [5, 5.41) is 5.67. The van der Waals surface area contributed by atoms with E-state index < -0.39 is 0 Å². The number of rotatable bonds is 5. The molecule has 0 aliphatic heterocycles. The first-order valence-electron chi connectivity index (χ1n) is 7.31. The quantitative estimate of drug-likeness (QED) is 0.674. The van der Waals surface area contributed by atoms with Gasteiger partial charge in [-0.25, -0.2) is 0 Å². The third kappa shape index (κ3) is 3.26. The summed E-state index contributed by atoms with van der Waals surface area (Å²) in [6.07, 6.45) is 3.74. The summed E-state index contributed by atoms with van der Waals surface area (Å²) in [6.45, 7) is 4.24. The summed E-state index contributed by atoms with van der Waals surface area (Å²) in [7, 11) is 0. The van der Waals surface area contributed by atoms with E-state index in [0.29, 0.717) is 24.8 Å². The zero-order valence-corrected chi connectivity index (χ0v) is 11.8. The Labute approximate surface area is 114 Å². The predicted octanol–water partition coefficient (Wildman–Crippen LogP) is 0.391. The van der Waals surface area contributed by atoms with E-state index in [1.807, 2.05) is 13.8 Å². The Morgan fingerprint density at radius 3 is 2.53 bits per heavy atom. The van der Waals surface area contributed by atoms with Crippen molar-refractivity contribution < 1.29 is 9.59 Å². The molecule has 108 valence electrons. The first-order valence-corrected chi connectivity index (χ1v) is 7.31. The van der Waals surface area contributed by atoms with E-state index in [2.05, 4.69) is 10.6 Å². The first-order chi connectivity index (χ1) is 8.99. The largest absolute Gasteiger partial charge is 0.355 e. The Balaban J connectivity index is 1.72. The van der Waals surface area contributed by atoms with Gasteiger partial charge in [0.2, 0.25) is 11.8 Å². The number of hydrogen-bond acceptors (Lipinski definition) is 3. The minimum absolute atomic E-state index is 0.0169. The van der Waals surface area contributed by atoms with Gasteiger partial charge in [0, 0.05) is 25.0 Å². The maximum atomic E-state index is 12.1. The summed E-state index contributed by atoms with van der Waals surface area (Å²) < 4.78 is 0. The van der Waals surface area contributed by atoms with Gasteiger partial charge in [-0.3, -0.25) is 9.59 Å². The van der Waals surface area contributed by atoms with Gasteiger partial charge in [-0.05, 0) is 44.9 Å². The Morgan fingerprint density at radius 1 is 1.26 bits per heavy atom. The molecule has 0 spiro atoms.